The van der Waals surface area contributed by atoms with Gasteiger partial charge in [0, 0.05) is 13.1 Å². The third-order valence-corrected chi connectivity index (χ3v) is 4.73. The third kappa shape index (κ3) is 4.72. The highest BCUT2D eigenvalue weighted by Gasteiger charge is 2.20. The fraction of sp³-hybridized carbons (Fsp3) is 0.438. The number of anilines is 1. The number of aromatic amines is 1. The summed E-state index contributed by atoms with van der Waals surface area (Å²) in [5, 5.41) is 6.85. The van der Waals surface area contributed by atoms with E-state index in [0.29, 0.717) is 5.69 Å². The number of hydrogen-bond acceptors (Lipinski definition) is 7. The lowest BCUT2D eigenvalue weighted by molar-refractivity contribution is -0.139. The molecule has 0 spiro atoms. The molecule has 1 amide bonds. The van der Waals surface area contributed by atoms with Crippen LogP contribution in [0.15, 0.2) is 16.0 Å². The maximum atomic E-state index is 12.5. The summed E-state index contributed by atoms with van der Waals surface area (Å²) < 4.78 is 6.27. The molecule has 2 rings (SSSR count). The number of carbonyl (C=O) groups excluding carboxylic acids is 2. The molecule has 26 heavy (non-hydrogen) atoms. The molecule has 0 radical (unpaired) electrons. The topological polar surface area (TPSA) is 119 Å². The number of aromatic nitrogens is 4. The predicted molar refractivity (Wildman–Crippen MR) is 97.2 cm³/mol. The van der Waals surface area contributed by atoms with E-state index >= 15 is 0 Å². The van der Waals surface area contributed by atoms with Crippen molar-refractivity contribution in [3.05, 3.63) is 33.5 Å². The largest absolute Gasteiger partial charge is 0.469 e. The highest BCUT2D eigenvalue weighted by molar-refractivity contribution is 8.00. The highest BCUT2D eigenvalue weighted by Crippen LogP contribution is 2.23. The molecule has 2 aromatic rings. The van der Waals surface area contributed by atoms with E-state index in [1.165, 1.54) is 13.2 Å². The zero-order chi connectivity index (χ0) is 19.4. The van der Waals surface area contributed by atoms with Gasteiger partial charge >= 0.3 is 5.97 Å². The van der Waals surface area contributed by atoms with Gasteiger partial charge in [0.1, 0.15) is 0 Å². The number of H-pyrrole nitrogens is 1. The summed E-state index contributed by atoms with van der Waals surface area (Å²) in [5.74, 6) is -0.734. The Labute approximate surface area is 154 Å². The molecule has 0 aliphatic carbocycles. The quantitative estimate of drug-likeness (QED) is 0.436. The first-order valence-corrected chi connectivity index (χ1v) is 8.74. The summed E-state index contributed by atoms with van der Waals surface area (Å²) in [6.45, 7) is 5.38. The van der Waals surface area contributed by atoms with Crippen LogP contribution < -0.4 is 10.9 Å². The van der Waals surface area contributed by atoms with Gasteiger partial charge < -0.3 is 15.0 Å². The van der Waals surface area contributed by atoms with E-state index in [-0.39, 0.29) is 23.2 Å². The molecule has 0 aliphatic heterocycles. The van der Waals surface area contributed by atoms with Gasteiger partial charge in [-0.25, -0.2) is 4.98 Å². The van der Waals surface area contributed by atoms with Crippen molar-refractivity contribution in [1.82, 2.24) is 19.7 Å². The number of nitrogens with zero attached hydrogens (tertiary/aromatic N) is 3. The molecule has 2 N–H and O–H groups in total. The lowest BCUT2D eigenvalue weighted by atomic mass is 10.3. The van der Waals surface area contributed by atoms with Crippen molar-refractivity contribution in [2.45, 2.75) is 37.6 Å². The zero-order valence-electron chi connectivity index (χ0n) is 15.2. The molecular weight excluding hydrogens is 358 g/mol. The number of thioether (sulfide) groups is 1. The third-order valence-electron chi connectivity index (χ3n) is 3.74. The summed E-state index contributed by atoms with van der Waals surface area (Å²) in [6.07, 6.45) is -0.109. The van der Waals surface area contributed by atoms with E-state index in [9.17, 15) is 14.4 Å². The van der Waals surface area contributed by atoms with Gasteiger partial charge in [0.2, 0.25) is 5.91 Å². The van der Waals surface area contributed by atoms with E-state index in [1.54, 1.807) is 18.7 Å². The number of hydrogen-bond donors (Lipinski definition) is 2. The SMILES string of the molecule is COC(=O)Cc1cc(=O)[nH]c(S[C@H](C)C(=O)Nc2c(C)nn(C)c2C)n1. The molecule has 0 aliphatic rings. The second-order valence-electron chi connectivity index (χ2n) is 5.71. The average Bonchev–Trinajstić information content (AvgIpc) is 2.80. The minimum Gasteiger partial charge on any atom is -0.469 e. The van der Waals surface area contributed by atoms with Gasteiger partial charge in [-0.05, 0) is 20.8 Å². The van der Waals surface area contributed by atoms with E-state index < -0.39 is 16.8 Å². The Morgan fingerprint density at radius 2 is 2.12 bits per heavy atom. The molecule has 10 heteroatoms. The molecule has 140 valence electrons. The number of esters is 1. The van der Waals surface area contributed by atoms with Crippen LogP contribution in [0.3, 0.4) is 0 Å². The van der Waals surface area contributed by atoms with E-state index in [2.05, 4.69) is 25.1 Å². The van der Waals surface area contributed by atoms with Crippen molar-refractivity contribution in [3.63, 3.8) is 0 Å². The number of amides is 1. The van der Waals surface area contributed by atoms with Gasteiger partial charge in [-0.15, -0.1) is 0 Å². The van der Waals surface area contributed by atoms with Gasteiger partial charge in [-0.1, -0.05) is 11.8 Å². The van der Waals surface area contributed by atoms with Crippen molar-refractivity contribution < 1.29 is 14.3 Å². The van der Waals surface area contributed by atoms with Crippen LogP contribution in [0.25, 0.3) is 0 Å². The first-order chi connectivity index (χ1) is 12.2. The smallest absolute Gasteiger partial charge is 0.311 e. The lowest BCUT2D eigenvalue weighted by Crippen LogP contribution is -2.24. The molecule has 0 bridgehead atoms. The van der Waals surface area contributed by atoms with Crippen LogP contribution in [-0.4, -0.2) is 44.0 Å². The fourth-order valence-corrected chi connectivity index (χ4v) is 3.08. The number of ether oxygens (including phenoxy) is 1. The van der Waals surface area contributed by atoms with Crippen molar-refractivity contribution >= 4 is 29.3 Å². The van der Waals surface area contributed by atoms with Crippen molar-refractivity contribution in [2.75, 3.05) is 12.4 Å². The van der Waals surface area contributed by atoms with Crippen LogP contribution in [0.5, 0.6) is 0 Å². The molecule has 0 fully saturated rings. The molecule has 2 aromatic heterocycles. The Bertz CT molecular complexity index is 889. The van der Waals surface area contributed by atoms with Gasteiger partial charge in [-0.2, -0.15) is 5.10 Å². The second-order valence-corrected chi connectivity index (χ2v) is 7.04. The number of rotatable bonds is 6. The van der Waals surface area contributed by atoms with Gasteiger partial charge in [-0.3, -0.25) is 19.1 Å². The average molecular weight is 379 g/mol. The fourth-order valence-electron chi connectivity index (χ4n) is 2.25. The zero-order valence-corrected chi connectivity index (χ0v) is 16.1. The van der Waals surface area contributed by atoms with Gasteiger partial charge in [0.05, 0.1) is 41.5 Å². The van der Waals surface area contributed by atoms with Crippen LogP contribution in [0.4, 0.5) is 5.69 Å². The van der Waals surface area contributed by atoms with Crippen molar-refractivity contribution in [1.29, 1.82) is 0 Å². The first-order valence-electron chi connectivity index (χ1n) is 7.86. The van der Waals surface area contributed by atoms with Crippen molar-refractivity contribution in [2.24, 2.45) is 7.05 Å². The Hall–Kier alpha value is -2.62. The first kappa shape index (κ1) is 19.7. The minimum absolute atomic E-state index is 0.109. The maximum Gasteiger partial charge on any atom is 0.311 e. The summed E-state index contributed by atoms with van der Waals surface area (Å²) in [6, 6.07) is 1.23. The number of aryl methyl sites for hydroxylation is 2. The molecule has 0 saturated carbocycles. The molecule has 0 aromatic carbocycles. The Balaban J connectivity index is 2.11. The Morgan fingerprint density at radius 1 is 1.42 bits per heavy atom. The van der Waals surface area contributed by atoms with Gasteiger partial charge in [0.25, 0.3) is 5.56 Å². The van der Waals surface area contributed by atoms with Crippen LogP contribution >= 0.6 is 11.8 Å². The normalized spacial score (nSPS) is 11.9. The standard InChI is InChI=1S/C16H21N5O4S/c1-8-14(9(2)21(4)20-8)19-15(24)10(3)26-16-17-11(6-12(22)18-16)7-13(23)25-5/h6,10H,7H2,1-5H3,(H,19,24)(H,17,18,22)/t10-/m1/s1. The molecular formula is C16H21N5O4S. The number of methoxy groups -OCH3 is 1. The highest BCUT2D eigenvalue weighted by atomic mass is 32.2. The maximum absolute atomic E-state index is 12.5. The molecule has 9 nitrogen and oxygen atoms in total. The molecule has 2 heterocycles. The Morgan fingerprint density at radius 3 is 2.69 bits per heavy atom. The van der Waals surface area contributed by atoms with Crippen LogP contribution in [0, 0.1) is 13.8 Å². The minimum atomic E-state index is -0.523. The number of carbonyl (C=O) groups is 2. The summed E-state index contributed by atoms with van der Waals surface area (Å²) in [5.41, 5.74) is 2.13. The molecule has 1 atom stereocenters. The Kier molecular flexibility index (Phi) is 6.19. The summed E-state index contributed by atoms with van der Waals surface area (Å²) in [4.78, 5) is 42.3. The molecule has 0 unspecified atom stereocenters. The van der Waals surface area contributed by atoms with E-state index in [0.717, 1.165) is 23.1 Å². The number of nitrogens with one attached hydrogen (secondary N) is 2. The van der Waals surface area contributed by atoms with E-state index in [1.807, 2.05) is 13.8 Å². The van der Waals surface area contributed by atoms with Crippen LogP contribution in [-0.2, 0) is 27.8 Å². The monoisotopic (exact) mass is 379 g/mol. The van der Waals surface area contributed by atoms with E-state index in [4.69, 9.17) is 0 Å². The van der Waals surface area contributed by atoms with Gasteiger partial charge in [0.15, 0.2) is 5.16 Å². The van der Waals surface area contributed by atoms with Crippen LogP contribution in [0.2, 0.25) is 0 Å². The lowest BCUT2D eigenvalue weighted by Gasteiger charge is -2.12. The summed E-state index contributed by atoms with van der Waals surface area (Å²) >= 11 is 1.09. The molecule has 0 saturated heterocycles. The second kappa shape index (κ2) is 8.17. The van der Waals surface area contributed by atoms with Crippen molar-refractivity contribution in [3.8, 4) is 0 Å². The summed E-state index contributed by atoms with van der Waals surface area (Å²) in [7, 11) is 3.07. The van der Waals surface area contributed by atoms with Crippen LogP contribution in [0.1, 0.15) is 24.0 Å². The predicted octanol–water partition coefficient (Wildman–Crippen LogP) is 0.955.